The second-order valence-corrected chi connectivity index (χ2v) is 4.97. The molecule has 1 aromatic carbocycles. The SMILES string of the molecule is COC[C@@H](CSC#N)OCCc1ccc(Cl)cc1. The smallest absolute Gasteiger partial charge is 0.133 e. The molecule has 0 aliphatic rings. The number of thioether (sulfide) groups is 1. The fraction of sp³-hybridized carbons (Fsp3) is 0.462. The lowest BCUT2D eigenvalue weighted by molar-refractivity contribution is 0.0135. The summed E-state index contributed by atoms with van der Waals surface area (Å²) in [7, 11) is 1.63. The van der Waals surface area contributed by atoms with Gasteiger partial charge >= 0.3 is 0 Å². The zero-order chi connectivity index (χ0) is 13.2. The lowest BCUT2D eigenvalue weighted by atomic mass is 10.2. The van der Waals surface area contributed by atoms with E-state index in [0.29, 0.717) is 19.0 Å². The predicted molar refractivity (Wildman–Crippen MR) is 74.8 cm³/mol. The van der Waals surface area contributed by atoms with E-state index in [0.717, 1.165) is 11.4 Å². The fourth-order valence-electron chi connectivity index (χ4n) is 1.45. The molecule has 1 rings (SSSR count). The Bertz CT molecular complexity index is 378. The molecule has 1 atom stereocenters. The van der Waals surface area contributed by atoms with Crippen LogP contribution in [0.15, 0.2) is 24.3 Å². The molecule has 0 aromatic heterocycles. The number of thiocyanates is 1. The summed E-state index contributed by atoms with van der Waals surface area (Å²) in [6, 6.07) is 7.71. The van der Waals surface area contributed by atoms with Crippen molar-refractivity contribution in [3.63, 3.8) is 0 Å². The summed E-state index contributed by atoms with van der Waals surface area (Å²) in [4.78, 5) is 0. The zero-order valence-corrected chi connectivity index (χ0v) is 11.8. The molecule has 0 radical (unpaired) electrons. The highest BCUT2D eigenvalue weighted by Crippen LogP contribution is 2.11. The number of methoxy groups -OCH3 is 1. The Balaban J connectivity index is 2.29. The summed E-state index contributed by atoms with van der Waals surface area (Å²) in [5, 5.41) is 11.3. The lowest BCUT2D eigenvalue weighted by Gasteiger charge is -2.15. The molecule has 0 heterocycles. The second-order valence-electron chi connectivity index (χ2n) is 3.73. The van der Waals surface area contributed by atoms with Crippen molar-refractivity contribution in [3.8, 4) is 5.40 Å². The van der Waals surface area contributed by atoms with Gasteiger partial charge in [-0.2, -0.15) is 5.26 Å². The summed E-state index contributed by atoms with van der Waals surface area (Å²) >= 11 is 7.00. The molecule has 0 aliphatic heterocycles. The average molecular weight is 286 g/mol. The van der Waals surface area contributed by atoms with Crippen LogP contribution in [0.5, 0.6) is 0 Å². The Labute approximate surface area is 117 Å². The highest BCUT2D eigenvalue weighted by atomic mass is 35.5. The number of ether oxygens (including phenoxy) is 2. The second kappa shape index (κ2) is 9.23. The molecule has 98 valence electrons. The van der Waals surface area contributed by atoms with Crippen LogP contribution in [0.1, 0.15) is 5.56 Å². The highest BCUT2D eigenvalue weighted by Gasteiger charge is 2.08. The molecule has 0 unspecified atom stereocenters. The van der Waals surface area contributed by atoms with E-state index in [1.54, 1.807) is 7.11 Å². The van der Waals surface area contributed by atoms with Crippen molar-refractivity contribution in [1.29, 1.82) is 5.26 Å². The highest BCUT2D eigenvalue weighted by molar-refractivity contribution is 8.03. The van der Waals surface area contributed by atoms with Gasteiger partial charge in [0, 0.05) is 17.9 Å². The van der Waals surface area contributed by atoms with Crippen LogP contribution in [0.3, 0.4) is 0 Å². The molecule has 1 aromatic rings. The number of nitriles is 1. The Morgan fingerprint density at radius 3 is 2.72 bits per heavy atom. The van der Waals surface area contributed by atoms with Crippen LogP contribution in [0, 0.1) is 10.7 Å². The minimum atomic E-state index is -0.0352. The normalized spacial score (nSPS) is 12.1. The molecule has 0 saturated carbocycles. The van der Waals surface area contributed by atoms with Crippen molar-refractivity contribution in [1.82, 2.24) is 0 Å². The van der Waals surface area contributed by atoms with Gasteiger partial charge in [-0.05, 0) is 35.9 Å². The molecule has 0 fully saturated rings. The van der Waals surface area contributed by atoms with Gasteiger partial charge < -0.3 is 9.47 Å². The molecule has 0 spiro atoms. The number of halogens is 1. The van der Waals surface area contributed by atoms with Crippen LogP contribution in [0.2, 0.25) is 5.02 Å². The molecule has 0 N–H and O–H groups in total. The molecule has 0 saturated heterocycles. The molecule has 18 heavy (non-hydrogen) atoms. The number of rotatable bonds is 8. The summed E-state index contributed by atoms with van der Waals surface area (Å²) in [6.07, 6.45) is 0.793. The van der Waals surface area contributed by atoms with Crippen LogP contribution in [-0.2, 0) is 15.9 Å². The Morgan fingerprint density at radius 2 is 2.11 bits per heavy atom. The maximum atomic E-state index is 8.52. The Kier molecular flexibility index (Phi) is 7.86. The van der Waals surface area contributed by atoms with Crippen LogP contribution >= 0.6 is 23.4 Å². The van der Waals surface area contributed by atoms with E-state index >= 15 is 0 Å². The van der Waals surface area contributed by atoms with E-state index in [-0.39, 0.29) is 6.10 Å². The Morgan fingerprint density at radius 1 is 1.39 bits per heavy atom. The number of nitrogens with zero attached hydrogens (tertiary/aromatic N) is 1. The van der Waals surface area contributed by atoms with E-state index in [2.05, 4.69) is 0 Å². The van der Waals surface area contributed by atoms with Gasteiger partial charge in [0.2, 0.25) is 0 Å². The summed E-state index contributed by atoms with van der Waals surface area (Å²) in [5.41, 5.74) is 1.18. The first-order valence-electron chi connectivity index (χ1n) is 5.62. The molecular weight excluding hydrogens is 270 g/mol. The van der Waals surface area contributed by atoms with Gasteiger partial charge in [0.05, 0.1) is 19.3 Å². The maximum Gasteiger partial charge on any atom is 0.133 e. The van der Waals surface area contributed by atoms with Crippen molar-refractivity contribution in [2.45, 2.75) is 12.5 Å². The summed E-state index contributed by atoms with van der Waals surface area (Å²) < 4.78 is 10.7. The van der Waals surface area contributed by atoms with Crippen LogP contribution in [0.4, 0.5) is 0 Å². The predicted octanol–water partition coefficient (Wildman–Crippen LogP) is 3.13. The van der Waals surface area contributed by atoms with Crippen molar-refractivity contribution < 1.29 is 9.47 Å². The summed E-state index contributed by atoms with van der Waals surface area (Å²) in [5.74, 6) is 0.630. The van der Waals surface area contributed by atoms with Crippen molar-refractivity contribution in [3.05, 3.63) is 34.9 Å². The van der Waals surface area contributed by atoms with Gasteiger partial charge in [-0.25, -0.2) is 0 Å². The first kappa shape index (κ1) is 15.3. The van der Waals surface area contributed by atoms with Crippen LogP contribution in [0.25, 0.3) is 0 Å². The van der Waals surface area contributed by atoms with Gasteiger partial charge in [0.1, 0.15) is 5.40 Å². The van der Waals surface area contributed by atoms with Crippen LogP contribution in [-0.4, -0.2) is 32.2 Å². The van der Waals surface area contributed by atoms with E-state index in [1.165, 1.54) is 17.3 Å². The third-order valence-corrected chi connectivity index (χ3v) is 3.26. The van der Waals surface area contributed by atoms with Gasteiger partial charge in [-0.3, -0.25) is 0 Å². The van der Waals surface area contributed by atoms with Gasteiger partial charge in [0.15, 0.2) is 0 Å². The van der Waals surface area contributed by atoms with Gasteiger partial charge in [-0.15, -0.1) is 0 Å². The number of hydrogen-bond acceptors (Lipinski definition) is 4. The van der Waals surface area contributed by atoms with Gasteiger partial charge in [0.25, 0.3) is 0 Å². The number of hydrogen-bond donors (Lipinski definition) is 0. The largest absolute Gasteiger partial charge is 0.382 e. The molecule has 3 nitrogen and oxygen atoms in total. The first-order chi connectivity index (χ1) is 8.76. The van der Waals surface area contributed by atoms with E-state index in [4.69, 9.17) is 26.3 Å². The van der Waals surface area contributed by atoms with Gasteiger partial charge in [-0.1, -0.05) is 23.7 Å². The molecule has 5 heteroatoms. The fourth-order valence-corrected chi connectivity index (χ4v) is 2.03. The van der Waals surface area contributed by atoms with Crippen LogP contribution < -0.4 is 0 Å². The van der Waals surface area contributed by atoms with E-state index < -0.39 is 0 Å². The molecule has 0 aliphatic carbocycles. The van der Waals surface area contributed by atoms with E-state index in [9.17, 15) is 0 Å². The molecule has 0 bridgehead atoms. The van der Waals surface area contributed by atoms with Crippen molar-refractivity contribution in [2.24, 2.45) is 0 Å². The number of benzene rings is 1. The average Bonchev–Trinajstić information content (AvgIpc) is 2.38. The van der Waals surface area contributed by atoms with E-state index in [1.807, 2.05) is 29.7 Å². The first-order valence-corrected chi connectivity index (χ1v) is 6.98. The summed E-state index contributed by atoms with van der Waals surface area (Å²) in [6.45, 7) is 1.12. The van der Waals surface area contributed by atoms with Crippen molar-refractivity contribution >= 4 is 23.4 Å². The molecule has 0 amide bonds. The zero-order valence-electron chi connectivity index (χ0n) is 10.3. The minimum Gasteiger partial charge on any atom is -0.382 e. The minimum absolute atomic E-state index is 0.0352. The topological polar surface area (TPSA) is 42.2 Å². The van der Waals surface area contributed by atoms with Crippen molar-refractivity contribution in [2.75, 3.05) is 26.1 Å². The maximum absolute atomic E-state index is 8.52. The third kappa shape index (κ3) is 6.27. The third-order valence-electron chi connectivity index (χ3n) is 2.34. The Hall–Kier alpha value is -0.730. The standard InChI is InChI=1S/C13H16ClNO2S/c1-16-8-13(9-18-10-15)17-7-6-11-2-4-12(14)5-3-11/h2-5,13H,6-9H2,1H3/t13-/m0/s1. The monoisotopic (exact) mass is 285 g/mol. The molecular formula is C13H16ClNO2S. The quantitative estimate of drug-likeness (QED) is 0.688. The lowest BCUT2D eigenvalue weighted by Crippen LogP contribution is -2.23.